The quantitative estimate of drug-likeness (QED) is 0.403. The van der Waals surface area contributed by atoms with Crippen LogP contribution in [-0.2, 0) is 9.53 Å². The van der Waals surface area contributed by atoms with Crippen LogP contribution in [0.1, 0.15) is 39.5 Å². The van der Waals surface area contributed by atoms with Crippen LogP contribution in [0.15, 0.2) is 4.99 Å². The lowest BCUT2D eigenvalue weighted by molar-refractivity contribution is -0.127. The van der Waals surface area contributed by atoms with Gasteiger partial charge in [-0.15, -0.1) is 24.0 Å². The van der Waals surface area contributed by atoms with Crippen LogP contribution in [-0.4, -0.2) is 74.1 Å². The maximum atomic E-state index is 11.9. The molecule has 140 valence electrons. The Morgan fingerprint density at radius 3 is 2.83 bits per heavy atom. The first-order valence-electron chi connectivity index (χ1n) is 8.89. The van der Waals surface area contributed by atoms with Gasteiger partial charge in [0, 0.05) is 45.8 Å². The number of piperidine rings is 1. The zero-order valence-corrected chi connectivity index (χ0v) is 17.8. The van der Waals surface area contributed by atoms with E-state index in [1.165, 1.54) is 6.42 Å². The fraction of sp³-hybridized carbons (Fsp3) is 0.882. The molecule has 0 saturated carbocycles. The summed E-state index contributed by atoms with van der Waals surface area (Å²) in [6, 6.07) is 0.350. The SMILES string of the molecule is CCC(C)NC(=NCC(=O)N(C)C)N1CCC2OCCCC2C1.I. The van der Waals surface area contributed by atoms with Crippen molar-refractivity contribution in [2.75, 3.05) is 40.3 Å². The second-order valence-electron chi connectivity index (χ2n) is 6.93. The number of nitrogens with zero attached hydrogens (tertiary/aromatic N) is 3. The van der Waals surface area contributed by atoms with E-state index in [0.717, 1.165) is 44.9 Å². The Bertz CT molecular complexity index is 431. The summed E-state index contributed by atoms with van der Waals surface area (Å²) in [5.74, 6) is 1.49. The molecular weight excluding hydrogens is 419 g/mol. The van der Waals surface area contributed by atoms with E-state index >= 15 is 0 Å². The topological polar surface area (TPSA) is 57.2 Å². The third-order valence-electron chi connectivity index (χ3n) is 4.87. The number of hydrogen-bond donors (Lipinski definition) is 1. The largest absolute Gasteiger partial charge is 0.378 e. The van der Waals surface area contributed by atoms with Crippen LogP contribution in [0.2, 0.25) is 0 Å². The predicted octanol–water partition coefficient (Wildman–Crippen LogP) is 1.94. The number of likely N-dealkylation sites (N-methyl/N-ethyl adjacent to an activating group) is 1. The van der Waals surface area contributed by atoms with Gasteiger partial charge in [-0.1, -0.05) is 6.92 Å². The van der Waals surface area contributed by atoms with Crippen molar-refractivity contribution in [1.29, 1.82) is 0 Å². The van der Waals surface area contributed by atoms with Crippen LogP contribution in [0, 0.1) is 5.92 Å². The maximum Gasteiger partial charge on any atom is 0.243 e. The highest BCUT2D eigenvalue weighted by Crippen LogP contribution is 2.28. The van der Waals surface area contributed by atoms with Crippen molar-refractivity contribution in [2.45, 2.75) is 51.7 Å². The van der Waals surface area contributed by atoms with E-state index in [1.54, 1.807) is 19.0 Å². The molecule has 1 N–H and O–H groups in total. The highest BCUT2D eigenvalue weighted by atomic mass is 127. The number of rotatable bonds is 4. The van der Waals surface area contributed by atoms with Gasteiger partial charge in [0.1, 0.15) is 6.54 Å². The van der Waals surface area contributed by atoms with E-state index in [2.05, 4.69) is 29.1 Å². The third kappa shape index (κ3) is 6.06. The summed E-state index contributed by atoms with van der Waals surface area (Å²) in [6.07, 6.45) is 4.87. The minimum Gasteiger partial charge on any atom is -0.378 e. The zero-order valence-electron chi connectivity index (χ0n) is 15.5. The van der Waals surface area contributed by atoms with Crippen molar-refractivity contribution < 1.29 is 9.53 Å². The molecule has 2 aliphatic rings. The van der Waals surface area contributed by atoms with Crippen molar-refractivity contribution in [3.05, 3.63) is 0 Å². The average Bonchev–Trinajstić information content (AvgIpc) is 2.57. The Labute approximate surface area is 163 Å². The molecule has 3 unspecified atom stereocenters. The highest BCUT2D eigenvalue weighted by Gasteiger charge is 2.33. The van der Waals surface area contributed by atoms with Crippen LogP contribution in [0.3, 0.4) is 0 Å². The van der Waals surface area contributed by atoms with Gasteiger partial charge in [0.15, 0.2) is 5.96 Å². The van der Waals surface area contributed by atoms with E-state index in [0.29, 0.717) is 18.1 Å². The molecule has 2 fully saturated rings. The number of carbonyl (C=O) groups is 1. The number of guanidine groups is 1. The first-order valence-corrected chi connectivity index (χ1v) is 8.89. The Hall–Kier alpha value is -0.570. The summed E-state index contributed by atoms with van der Waals surface area (Å²) >= 11 is 0. The summed E-state index contributed by atoms with van der Waals surface area (Å²) in [5, 5.41) is 3.49. The third-order valence-corrected chi connectivity index (χ3v) is 4.87. The Balaban J connectivity index is 0.00000288. The van der Waals surface area contributed by atoms with E-state index in [9.17, 15) is 4.79 Å². The summed E-state index contributed by atoms with van der Waals surface area (Å²) < 4.78 is 5.89. The lowest BCUT2D eigenvalue weighted by Gasteiger charge is -2.42. The fourth-order valence-electron chi connectivity index (χ4n) is 3.12. The molecule has 0 aromatic carbocycles. The van der Waals surface area contributed by atoms with E-state index in [1.807, 2.05) is 0 Å². The van der Waals surface area contributed by atoms with Gasteiger partial charge in [-0.25, -0.2) is 4.99 Å². The first kappa shape index (κ1) is 21.5. The molecule has 1 amide bonds. The zero-order chi connectivity index (χ0) is 16.8. The Morgan fingerprint density at radius 1 is 1.42 bits per heavy atom. The van der Waals surface area contributed by atoms with Gasteiger partial charge in [0.05, 0.1) is 6.10 Å². The van der Waals surface area contributed by atoms with Crippen molar-refractivity contribution >= 4 is 35.8 Å². The van der Waals surface area contributed by atoms with Crippen molar-refractivity contribution in [3.63, 3.8) is 0 Å². The molecule has 2 heterocycles. The molecule has 6 nitrogen and oxygen atoms in total. The highest BCUT2D eigenvalue weighted by molar-refractivity contribution is 14.0. The lowest BCUT2D eigenvalue weighted by atomic mass is 9.88. The summed E-state index contributed by atoms with van der Waals surface area (Å²) in [7, 11) is 3.54. The smallest absolute Gasteiger partial charge is 0.243 e. The summed E-state index contributed by atoms with van der Waals surface area (Å²) in [5.41, 5.74) is 0. The number of likely N-dealkylation sites (tertiary alicyclic amines) is 1. The number of ether oxygens (including phenoxy) is 1. The van der Waals surface area contributed by atoms with Gasteiger partial charge in [0.25, 0.3) is 0 Å². The maximum absolute atomic E-state index is 11.9. The van der Waals surface area contributed by atoms with Gasteiger partial charge in [-0.05, 0) is 32.6 Å². The molecule has 2 saturated heterocycles. The number of halogens is 1. The van der Waals surface area contributed by atoms with Crippen LogP contribution >= 0.6 is 24.0 Å². The Kier molecular flexibility index (Phi) is 9.33. The number of fused-ring (bicyclic) bond motifs is 1. The molecular formula is C17H33IN4O2. The number of hydrogen-bond acceptors (Lipinski definition) is 3. The number of nitrogens with one attached hydrogen (secondary N) is 1. The van der Waals surface area contributed by atoms with Crippen molar-refractivity contribution in [1.82, 2.24) is 15.1 Å². The second kappa shape index (κ2) is 10.4. The van der Waals surface area contributed by atoms with Crippen LogP contribution in [0.4, 0.5) is 0 Å². The van der Waals surface area contributed by atoms with Gasteiger partial charge in [-0.3, -0.25) is 4.79 Å². The molecule has 2 rings (SSSR count). The monoisotopic (exact) mass is 452 g/mol. The van der Waals surface area contributed by atoms with Crippen molar-refractivity contribution in [2.24, 2.45) is 10.9 Å². The molecule has 3 atom stereocenters. The standard InChI is InChI=1S/C17H32N4O2.HI/c1-5-13(2)19-17(18-11-16(22)20(3)4)21-9-8-15-14(12-21)7-6-10-23-15;/h13-15H,5-12H2,1-4H3,(H,18,19);1H. The second-order valence-corrected chi connectivity index (χ2v) is 6.93. The van der Waals surface area contributed by atoms with Gasteiger partial charge in [0.2, 0.25) is 5.91 Å². The fourth-order valence-corrected chi connectivity index (χ4v) is 3.12. The Morgan fingerprint density at radius 2 is 2.17 bits per heavy atom. The molecule has 0 bridgehead atoms. The van der Waals surface area contributed by atoms with Gasteiger partial charge >= 0.3 is 0 Å². The molecule has 2 aliphatic heterocycles. The van der Waals surface area contributed by atoms with E-state index < -0.39 is 0 Å². The molecule has 7 heteroatoms. The van der Waals surface area contributed by atoms with Crippen LogP contribution in [0.5, 0.6) is 0 Å². The predicted molar refractivity (Wildman–Crippen MR) is 108 cm³/mol. The minimum absolute atomic E-state index is 0. The number of amides is 1. The average molecular weight is 452 g/mol. The molecule has 0 aromatic rings. The van der Waals surface area contributed by atoms with Crippen LogP contribution in [0.25, 0.3) is 0 Å². The lowest BCUT2D eigenvalue weighted by Crippen LogP contribution is -2.53. The summed E-state index contributed by atoms with van der Waals surface area (Å²) in [6.45, 7) is 7.33. The normalized spacial score (nSPS) is 25.3. The number of carbonyl (C=O) groups excluding carboxylic acids is 1. The van der Waals surface area contributed by atoms with Gasteiger partial charge in [-0.2, -0.15) is 0 Å². The molecule has 0 aliphatic carbocycles. The van der Waals surface area contributed by atoms with E-state index in [4.69, 9.17) is 4.74 Å². The minimum atomic E-state index is 0. The first-order chi connectivity index (χ1) is 11.0. The van der Waals surface area contributed by atoms with E-state index in [-0.39, 0.29) is 36.4 Å². The summed E-state index contributed by atoms with van der Waals surface area (Å²) in [4.78, 5) is 20.4. The molecule has 24 heavy (non-hydrogen) atoms. The molecule has 0 spiro atoms. The van der Waals surface area contributed by atoms with Crippen LogP contribution < -0.4 is 5.32 Å². The van der Waals surface area contributed by atoms with Gasteiger partial charge < -0.3 is 19.9 Å². The molecule has 0 radical (unpaired) electrons. The van der Waals surface area contributed by atoms with Crippen molar-refractivity contribution in [3.8, 4) is 0 Å². The molecule has 0 aromatic heterocycles. The number of aliphatic imine (C=N–C) groups is 1.